The molecule has 2 heterocycles. The molecule has 12 heteroatoms. The van der Waals surface area contributed by atoms with Crippen molar-refractivity contribution < 1.29 is 32.3 Å². The number of nitrogens with one attached hydrogen (secondary N) is 3. The molecule has 3 rings (SSSR count). The minimum atomic E-state index is -3.82. The Morgan fingerprint density at radius 1 is 1.14 bits per heavy atom. The van der Waals surface area contributed by atoms with Crippen LogP contribution in [0, 0.1) is 5.92 Å². The topological polar surface area (TPSA) is 151 Å². The Morgan fingerprint density at radius 3 is 2.53 bits per heavy atom. The highest BCUT2D eigenvalue weighted by Crippen LogP contribution is 2.45. The Balaban J connectivity index is 1.83. The maximum Gasteiger partial charge on any atom is 0.408 e. The van der Waals surface area contributed by atoms with E-state index in [1.165, 1.54) is 4.90 Å². The lowest BCUT2D eigenvalue weighted by Crippen LogP contribution is -2.58. The van der Waals surface area contributed by atoms with Crippen LogP contribution >= 0.6 is 0 Å². The lowest BCUT2D eigenvalue weighted by Gasteiger charge is -2.30. The van der Waals surface area contributed by atoms with Crippen LogP contribution in [-0.4, -0.2) is 73.2 Å². The van der Waals surface area contributed by atoms with Crippen LogP contribution in [0.3, 0.4) is 0 Å². The van der Waals surface area contributed by atoms with Crippen molar-refractivity contribution >= 4 is 33.8 Å². The summed E-state index contributed by atoms with van der Waals surface area (Å²) in [7, 11) is -3.82. The first-order valence-electron chi connectivity index (χ1n) is 12.5. The molecule has 0 bridgehead atoms. The highest BCUT2D eigenvalue weighted by Gasteiger charge is 2.61. The van der Waals surface area contributed by atoms with Gasteiger partial charge in [-0.1, -0.05) is 25.0 Å². The maximum atomic E-state index is 13.5. The largest absolute Gasteiger partial charge is 0.444 e. The fourth-order valence-corrected chi connectivity index (χ4v) is 5.32. The van der Waals surface area contributed by atoms with Gasteiger partial charge in [0.1, 0.15) is 23.2 Å². The van der Waals surface area contributed by atoms with Crippen LogP contribution in [0.25, 0.3) is 0 Å². The number of hydrogen-bond donors (Lipinski definition) is 3. The third-order valence-corrected chi connectivity index (χ3v) is 7.16. The lowest BCUT2D eigenvalue weighted by atomic mass is 10.0. The van der Waals surface area contributed by atoms with Crippen molar-refractivity contribution in [1.82, 2.24) is 20.3 Å². The summed E-state index contributed by atoms with van der Waals surface area (Å²) in [6.45, 7) is 5.55. The molecule has 0 aromatic rings. The van der Waals surface area contributed by atoms with Gasteiger partial charge in [0.15, 0.2) is 0 Å². The van der Waals surface area contributed by atoms with Crippen LogP contribution in [0.2, 0.25) is 0 Å². The molecule has 0 unspecified atom stereocenters. The Hall–Kier alpha value is -2.63. The Morgan fingerprint density at radius 2 is 1.86 bits per heavy atom. The number of alkyl carbamates (subject to hydrolysis) is 1. The molecule has 11 nitrogen and oxygen atoms in total. The lowest BCUT2D eigenvalue weighted by molar-refractivity contribution is -0.141. The first-order valence-corrected chi connectivity index (χ1v) is 14.4. The summed E-state index contributed by atoms with van der Waals surface area (Å²) in [5.41, 5.74) is -2.10. The summed E-state index contributed by atoms with van der Waals surface area (Å²) >= 11 is 0. The number of allylic oxidation sites excluding steroid dienone is 1. The second kappa shape index (κ2) is 10.8. The summed E-state index contributed by atoms with van der Waals surface area (Å²) in [4.78, 5) is 53.6. The molecule has 36 heavy (non-hydrogen) atoms. The maximum absolute atomic E-state index is 13.5. The summed E-state index contributed by atoms with van der Waals surface area (Å²) in [6.07, 6.45) is 8.79. The minimum Gasteiger partial charge on any atom is -0.444 e. The molecule has 3 N–H and O–H groups in total. The molecule has 1 aliphatic carbocycles. The molecule has 2 fully saturated rings. The summed E-state index contributed by atoms with van der Waals surface area (Å²) in [6, 6.07) is -1.66. The van der Waals surface area contributed by atoms with Gasteiger partial charge in [0.2, 0.25) is 21.8 Å². The van der Waals surface area contributed by atoms with E-state index in [1.807, 2.05) is 16.9 Å². The number of nitrogens with zero attached hydrogens (tertiary/aromatic N) is 1. The van der Waals surface area contributed by atoms with Crippen LogP contribution in [0.1, 0.15) is 72.1 Å². The van der Waals surface area contributed by atoms with Crippen molar-refractivity contribution in [1.29, 1.82) is 0 Å². The van der Waals surface area contributed by atoms with E-state index in [1.54, 1.807) is 20.8 Å². The molecule has 4 amide bonds. The molecule has 0 radical (unpaired) electrons. The Kier molecular flexibility index (Phi) is 8.37. The molecule has 1 saturated carbocycles. The standard InChI is InChI=1S/C24H38N4O7S/c1-23(2,3)35-22(32)25-17-12-9-7-5-6-8-11-16-15-24(16,21(31)27-36(4,33)34)26-19(29)18-13-10-14-28(18)20(17)30/h8,11,16-18H,5-7,9-10,12-15H2,1-4H3,(H,25,32)(H,26,29)(H,27,31)/b11-8-/t16-,17-,18-,24+/m0/s1. The van der Waals surface area contributed by atoms with Crippen LogP contribution < -0.4 is 15.4 Å². The summed E-state index contributed by atoms with van der Waals surface area (Å²) in [5, 5.41) is 5.45. The molecule has 4 atom stereocenters. The van der Waals surface area contributed by atoms with Gasteiger partial charge in [0.05, 0.1) is 6.26 Å². The van der Waals surface area contributed by atoms with Crippen molar-refractivity contribution in [2.24, 2.45) is 5.92 Å². The van der Waals surface area contributed by atoms with Crippen LogP contribution in [0.5, 0.6) is 0 Å². The average molecular weight is 527 g/mol. The van der Waals surface area contributed by atoms with Crippen molar-refractivity contribution in [3.05, 3.63) is 12.2 Å². The van der Waals surface area contributed by atoms with Gasteiger partial charge in [-0.3, -0.25) is 19.1 Å². The van der Waals surface area contributed by atoms with Gasteiger partial charge in [0, 0.05) is 12.5 Å². The molecule has 0 aromatic carbocycles. The van der Waals surface area contributed by atoms with Gasteiger partial charge < -0.3 is 20.3 Å². The monoisotopic (exact) mass is 526 g/mol. The van der Waals surface area contributed by atoms with Crippen LogP contribution in [0.15, 0.2) is 12.2 Å². The van der Waals surface area contributed by atoms with E-state index in [-0.39, 0.29) is 18.2 Å². The second-order valence-electron chi connectivity index (χ2n) is 10.9. The summed E-state index contributed by atoms with van der Waals surface area (Å²) in [5.74, 6) is -1.99. The van der Waals surface area contributed by atoms with Gasteiger partial charge in [-0.15, -0.1) is 0 Å². The molecule has 3 aliphatic rings. The summed E-state index contributed by atoms with van der Waals surface area (Å²) < 4.78 is 30.7. The molecular formula is C24H38N4O7S. The number of amides is 4. The Labute approximate surface area is 212 Å². The predicted octanol–water partition coefficient (Wildman–Crippen LogP) is 1.34. The normalized spacial score (nSPS) is 30.6. The van der Waals surface area contributed by atoms with E-state index < -0.39 is 51.2 Å². The molecule has 1 saturated heterocycles. The predicted molar refractivity (Wildman–Crippen MR) is 132 cm³/mol. The number of rotatable bonds is 3. The molecule has 2 aliphatic heterocycles. The second-order valence-corrected chi connectivity index (χ2v) is 12.7. The average Bonchev–Trinajstić information content (AvgIpc) is 3.20. The third kappa shape index (κ3) is 7.21. The first kappa shape index (κ1) is 27.9. The van der Waals surface area contributed by atoms with E-state index >= 15 is 0 Å². The van der Waals surface area contributed by atoms with Gasteiger partial charge in [-0.05, 0) is 59.3 Å². The number of fused-ring (bicyclic) bond motifs is 2. The SMILES string of the molecule is CC(C)(C)OC(=O)N[C@H]1CCCCC/C=C\[C@H]2C[C@@]2(C(=O)NS(C)(=O)=O)NC(=O)[C@@H]2CCCN2C1=O. The van der Waals surface area contributed by atoms with Gasteiger partial charge in [-0.25, -0.2) is 13.2 Å². The number of sulfonamides is 1. The van der Waals surface area contributed by atoms with E-state index in [0.29, 0.717) is 32.2 Å². The number of carbonyl (C=O) groups is 4. The fraction of sp³-hybridized carbons (Fsp3) is 0.750. The highest BCUT2D eigenvalue weighted by atomic mass is 32.2. The van der Waals surface area contributed by atoms with E-state index in [4.69, 9.17) is 4.74 Å². The van der Waals surface area contributed by atoms with Crippen LogP contribution in [-0.2, 0) is 29.1 Å². The zero-order valence-electron chi connectivity index (χ0n) is 21.5. The quantitative estimate of drug-likeness (QED) is 0.470. The van der Waals surface area contributed by atoms with Crippen molar-refractivity contribution in [2.45, 2.75) is 95.4 Å². The molecular weight excluding hydrogens is 488 g/mol. The zero-order valence-corrected chi connectivity index (χ0v) is 22.3. The minimum absolute atomic E-state index is 0.278. The highest BCUT2D eigenvalue weighted by molar-refractivity contribution is 7.89. The van der Waals surface area contributed by atoms with Gasteiger partial charge >= 0.3 is 6.09 Å². The van der Waals surface area contributed by atoms with Crippen molar-refractivity contribution in [3.63, 3.8) is 0 Å². The van der Waals surface area contributed by atoms with Crippen LogP contribution in [0.4, 0.5) is 4.79 Å². The van der Waals surface area contributed by atoms with Gasteiger partial charge in [-0.2, -0.15) is 0 Å². The molecule has 202 valence electrons. The van der Waals surface area contributed by atoms with Gasteiger partial charge in [0.25, 0.3) is 5.91 Å². The van der Waals surface area contributed by atoms with E-state index in [2.05, 4.69) is 10.6 Å². The zero-order chi connectivity index (χ0) is 26.7. The van der Waals surface area contributed by atoms with Crippen molar-refractivity contribution in [2.75, 3.05) is 12.8 Å². The molecule has 0 spiro atoms. The molecule has 0 aromatic heterocycles. The van der Waals surface area contributed by atoms with Crippen molar-refractivity contribution in [3.8, 4) is 0 Å². The number of ether oxygens (including phenoxy) is 1. The fourth-order valence-electron chi connectivity index (χ4n) is 4.80. The number of carbonyl (C=O) groups excluding carboxylic acids is 4. The third-order valence-electron chi connectivity index (χ3n) is 6.60. The first-order chi connectivity index (χ1) is 16.7. The van der Waals surface area contributed by atoms with E-state index in [9.17, 15) is 27.6 Å². The Bertz CT molecular complexity index is 1020. The smallest absolute Gasteiger partial charge is 0.408 e. The van der Waals surface area contributed by atoms with E-state index in [0.717, 1.165) is 25.5 Å². The number of hydrogen-bond acceptors (Lipinski definition) is 7.